The first-order chi connectivity index (χ1) is 11.6. The Hall–Kier alpha value is -3.15. The number of benzene rings is 2. The molecule has 24 heavy (non-hydrogen) atoms. The van der Waals surface area contributed by atoms with E-state index < -0.39 is 4.92 Å². The lowest BCUT2D eigenvalue weighted by Gasteiger charge is -2.27. The summed E-state index contributed by atoms with van der Waals surface area (Å²) in [6.45, 7) is 1.17. The van der Waals surface area contributed by atoms with E-state index in [1.165, 1.54) is 35.2 Å². The molecule has 6 heteroatoms. The van der Waals surface area contributed by atoms with Crippen molar-refractivity contribution in [1.82, 2.24) is 9.88 Å². The molecule has 0 spiro atoms. The van der Waals surface area contributed by atoms with Crippen molar-refractivity contribution in [2.24, 2.45) is 0 Å². The van der Waals surface area contributed by atoms with Gasteiger partial charge in [0.15, 0.2) is 0 Å². The first kappa shape index (κ1) is 14.4. The molecule has 1 amide bonds. The SMILES string of the molecule is O=C(c1ccc([N+](=O)[O-])cc1)N1CCc2c([nH]c3ccccc23)C1. The number of nitro groups is 1. The smallest absolute Gasteiger partial charge is 0.269 e. The molecule has 2 aromatic carbocycles. The number of para-hydroxylation sites is 1. The molecule has 0 saturated carbocycles. The first-order valence-electron chi connectivity index (χ1n) is 7.75. The molecule has 0 saturated heterocycles. The van der Waals surface area contributed by atoms with Gasteiger partial charge in [0.05, 0.1) is 11.5 Å². The predicted octanol–water partition coefficient (Wildman–Crippen LogP) is 3.27. The molecule has 0 unspecified atom stereocenters. The summed E-state index contributed by atoms with van der Waals surface area (Å²) >= 11 is 0. The van der Waals surface area contributed by atoms with Crippen LogP contribution in [-0.4, -0.2) is 27.3 Å². The van der Waals surface area contributed by atoms with Crippen molar-refractivity contribution in [1.29, 1.82) is 0 Å². The van der Waals surface area contributed by atoms with Crippen molar-refractivity contribution in [3.8, 4) is 0 Å². The molecule has 0 aliphatic carbocycles. The Morgan fingerprint density at radius 1 is 1.12 bits per heavy atom. The fourth-order valence-corrected chi connectivity index (χ4v) is 3.27. The number of nitro benzene ring substituents is 1. The van der Waals surface area contributed by atoms with Crippen molar-refractivity contribution in [2.75, 3.05) is 6.54 Å². The average Bonchev–Trinajstić information content (AvgIpc) is 2.99. The average molecular weight is 321 g/mol. The number of nitrogens with one attached hydrogen (secondary N) is 1. The van der Waals surface area contributed by atoms with Gasteiger partial charge in [-0.15, -0.1) is 0 Å². The second kappa shape index (κ2) is 5.49. The van der Waals surface area contributed by atoms with Crippen molar-refractivity contribution < 1.29 is 9.72 Å². The largest absolute Gasteiger partial charge is 0.357 e. The summed E-state index contributed by atoms with van der Waals surface area (Å²) in [6.07, 6.45) is 0.804. The Morgan fingerprint density at radius 3 is 2.62 bits per heavy atom. The number of fused-ring (bicyclic) bond motifs is 3. The van der Waals surface area contributed by atoms with Crippen molar-refractivity contribution in [3.63, 3.8) is 0 Å². The van der Waals surface area contributed by atoms with Gasteiger partial charge in [0.1, 0.15) is 0 Å². The van der Waals surface area contributed by atoms with E-state index in [0.29, 0.717) is 18.7 Å². The van der Waals surface area contributed by atoms with Gasteiger partial charge in [-0.3, -0.25) is 14.9 Å². The van der Waals surface area contributed by atoms with Crippen molar-refractivity contribution in [3.05, 3.63) is 75.5 Å². The second-order valence-corrected chi connectivity index (χ2v) is 5.91. The number of nitrogens with zero attached hydrogens (tertiary/aromatic N) is 2. The van der Waals surface area contributed by atoms with E-state index in [1.54, 1.807) is 4.90 Å². The van der Waals surface area contributed by atoms with Crippen LogP contribution in [0.5, 0.6) is 0 Å². The molecule has 0 radical (unpaired) electrons. The molecule has 0 bridgehead atoms. The second-order valence-electron chi connectivity index (χ2n) is 5.91. The normalized spacial score (nSPS) is 13.8. The first-order valence-corrected chi connectivity index (χ1v) is 7.75. The topological polar surface area (TPSA) is 79.2 Å². The van der Waals surface area contributed by atoms with Gasteiger partial charge >= 0.3 is 0 Å². The number of carbonyl (C=O) groups is 1. The molecular formula is C18H15N3O3. The number of hydrogen-bond acceptors (Lipinski definition) is 3. The number of rotatable bonds is 2. The Labute approximate surface area is 137 Å². The van der Waals surface area contributed by atoms with E-state index >= 15 is 0 Å². The zero-order chi connectivity index (χ0) is 16.7. The molecule has 6 nitrogen and oxygen atoms in total. The fourth-order valence-electron chi connectivity index (χ4n) is 3.27. The number of non-ortho nitro benzene ring substituents is 1. The van der Waals surface area contributed by atoms with Crippen LogP contribution in [0.2, 0.25) is 0 Å². The van der Waals surface area contributed by atoms with E-state index in [1.807, 2.05) is 18.2 Å². The maximum Gasteiger partial charge on any atom is 0.269 e. The van der Waals surface area contributed by atoms with Gasteiger partial charge in [0.2, 0.25) is 0 Å². The summed E-state index contributed by atoms with van der Waals surface area (Å²) in [5, 5.41) is 11.9. The third-order valence-corrected chi connectivity index (χ3v) is 4.50. The Balaban J connectivity index is 1.59. The molecule has 3 aromatic rings. The highest BCUT2D eigenvalue weighted by molar-refractivity contribution is 5.95. The van der Waals surface area contributed by atoms with Gasteiger partial charge in [-0.1, -0.05) is 18.2 Å². The monoisotopic (exact) mass is 321 g/mol. The van der Waals surface area contributed by atoms with Gasteiger partial charge < -0.3 is 9.88 Å². The lowest BCUT2D eigenvalue weighted by molar-refractivity contribution is -0.384. The molecule has 1 aliphatic heterocycles. The van der Waals surface area contributed by atoms with Crippen LogP contribution in [0.1, 0.15) is 21.6 Å². The molecule has 1 aromatic heterocycles. The van der Waals surface area contributed by atoms with E-state index in [4.69, 9.17) is 0 Å². The molecule has 4 rings (SSSR count). The van der Waals surface area contributed by atoms with Crippen LogP contribution < -0.4 is 0 Å². The van der Waals surface area contributed by atoms with Gasteiger partial charge in [-0.2, -0.15) is 0 Å². The minimum absolute atomic E-state index is 0.0110. The Morgan fingerprint density at radius 2 is 1.88 bits per heavy atom. The number of hydrogen-bond donors (Lipinski definition) is 1. The van der Waals surface area contributed by atoms with E-state index in [9.17, 15) is 14.9 Å². The van der Waals surface area contributed by atoms with Crippen LogP contribution in [-0.2, 0) is 13.0 Å². The van der Waals surface area contributed by atoms with Gasteiger partial charge in [0, 0.05) is 40.8 Å². The number of aromatic nitrogens is 1. The zero-order valence-corrected chi connectivity index (χ0v) is 12.9. The summed E-state index contributed by atoms with van der Waals surface area (Å²) in [6, 6.07) is 13.9. The minimum Gasteiger partial charge on any atom is -0.357 e. The van der Waals surface area contributed by atoms with Crippen molar-refractivity contribution >= 4 is 22.5 Å². The molecule has 0 atom stereocenters. The Kier molecular flexibility index (Phi) is 3.30. The molecular weight excluding hydrogens is 306 g/mol. The molecule has 1 aliphatic rings. The number of carbonyl (C=O) groups excluding carboxylic acids is 1. The van der Waals surface area contributed by atoms with Crippen LogP contribution in [0, 0.1) is 10.1 Å². The summed E-state index contributed by atoms with van der Waals surface area (Å²) in [4.78, 5) is 28.1. The highest BCUT2D eigenvalue weighted by Gasteiger charge is 2.24. The fraction of sp³-hybridized carbons (Fsp3) is 0.167. The van der Waals surface area contributed by atoms with Crippen LogP contribution in [0.15, 0.2) is 48.5 Å². The predicted molar refractivity (Wildman–Crippen MR) is 89.8 cm³/mol. The summed E-state index contributed by atoms with van der Waals surface area (Å²) in [5.41, 5.74) is 3.89. The highest BCUT2D eigenvalue weighted by Crippen LogP contribution is 2.28. The van der Waals surface area contributed by atoms with Crippen LogP contribution in [0.25, 0.3) is 10.9 Å². The van der Waals surface area contributed by atoms with E-state index in [0.717, 1.165) is 17.6 Å². The third-order valence-electron chi connectivity index (χ3n) is 4.50. The maximum atomic E-state index is 12.6. The molecule has 0 fully saturated rings. The standard InChI is InChI=1S/C18H15N3O3/c22-18(12-5-7-13(8-6-12)21(23)24)20-10-9-15-14-3-1-2-4-16(14)19-17(15)11-20/h1-8,19H,9-11H2. The minimum atomic E-state index is -0.466. The van der Waals surface area contributed by atoms with Gasteiger partial charge in [-0.25, -0.2) is 0 Å². The Bertz CT molecular complexity index is 944. The van der Waals surface area contributed by atoms with Gasteiger partial charge in [-0.05, 0) is 30.2 Å². The number of aromatic amines is 1. The van der Waals surface area contributed by atoms with Gasteiger partial charge in [0.25, 0.3) is 11.6 Å². The third kappa shape index (κ3) is 2.32. The molecule has 1 N–H and O–H groups in total. The van der Waals surface area contributed by atoms with Crippen molar-refractivity contribution in [2.45, 2.75) is 13.0 Å². The number of amides is 1. The maximum absolute atomic E-state index is 12.6. The quantitative estimate of drug-likeness (QED) is 0.581. The van der Waals surface area contributed by atoms with Crippen LogP contribution in [0.3, 0.4) is 0 Å². The van der Waals surface area contributed by atoms with E-state index in [2.05, 4.69) is 11.1 Å². The lowest BCUT2D eigenvalue weighted by Crippen LogP contribution is -2.35. The van der Waals surface area contributed by atoms with Crippen LogP contribution >= 0.6 is 0 Å². The highest BCUT2D eigenvalue weighted by atomic mass is 16.6. The zero-order valence-electron chi connectivity index (χ0n) is 12.9. The molecule has 2 heterocycles. The summed E-state index contributed by atoms with van der Waals surface area (Å²) in [7, 11) is 0. The van der Waals surface area contributed by atoms with Crippen LogP contribution in [0.4, 0.5) is 5.69 Å². The lowest BCUT2D eigenvalue weighted by atomic mass is 10.0. The van der Waals surface area contributed by atoms with E-state index in [-0.39, 0.29) is 11.6 Å². The summed E-state index contributed by atoms with van der Waals surface area (Å²) in [5.74, 6) is -0.103. The summed E-state index contributed by atoms with van der Waals surface area (Å²) < 4.78 is 0. The molecule has 120 valence electrons. The number of H-pyrrole nitrogens is 1.